The lowest BCUT2D eigenvalue weighted by atomic mass is 9.98. The van der Waals surface area contributed by atoms with Crippen molar-refractivity contribution in [1.29, 1.82) is 0 Å². The minimum absolute atomic E-state index is 0.107. The molecule has 1 aliphatic carbocycles. The maximum absolute atomic E-state index is 14.4. The third-order valence-electron chi connectivity index (χ3n) is 5.51. The van der Waals surface area contributed by atoms with E-state index in [0.717, 1.165) is 33.2 Å². The van der Waals surface area contributed by atoms with Gasteiger partial charge in [-0.15, -0.1) is 0 Å². The van der Waals surface area contributed by atoms with Gasteiger partial charge in [-0.25, -0.2) is 9.18 Å². The number of carboxylic acid groups (broad SMARTS) is 1. The number of anilines is 1. The van der Waals surface area contributed by atoms with E-state index in [0.29, 0.717) is 0 Å². The van der Waals surface area contributed by atoms with Crippen molar-refractivity contribution in [1.82, 2.24) is 4.90 Å². The van der Waals surface area contributed by atoms with Crippen LogP contribution in [-0.4, -0.2) is 48.2 Å². The van der Waals surface area contributed by atoms with Gasteiger partial charge in [0.25, 0.3) is 5.91 Å². The first kappa shape index (κ1) is 22.0. The van der Waals surface area contributed by atoms with Crippen LogP contribution in [0.1, 0.15) is 27.4 Å². The molecule has 0 spiro atoms. The summed E-state index contributed by atoms with van der Waals surface area (Å²) in [7, 11) is 1.26. The van der Waals surface area contributed by atoms with Crippen LogP contribution in [0.3, 0.4) is 0 Å². The molecule has 4 rings (SSSR count). The highest BCUT2D eigenvalue weighted by molar-refractivity contribution is 5.96. The van der Waals surface area contributed by atoms with Crippen molar-refractivity contribution in [2.24, 2.45) is 0 Å². The van der Waals surface area contributed by atoms with Crippen LogP contribution in [-0.2, 0) is 9.53 Å². The number of amides is 2. The van der Waals surface area contributed by atoms with Crippen LogP contribution in [0.5, 0.6) is 0 Å². The van der Waals surface area contributed by atoms with Crippen LogP contribution in [0.25, 0.3) is 11.1 Å². The molecule has 168 valence electrons. The molecule has 3 aromatic rings. The molecule has 33 heavy (non-hydrogen) atoms. The molecule has 0 radical (unpaired) electrons. The number of fused-ring (bicyclic) bond motifs is 3. The predicted molar refractivity (Wildman–Crippen MR) is 120 cm³/mol. The molecule has 2 amide bonds. The van der Waals surface area contributed by atoms with Crippen molar-refractivity contribution >= 4 is 23.7 Å². The molecule has 0 heterocycles. The molecule has 0 saturated heterocycles. The van der Waals surface area contributed by atoms with Gasteiger partial charge in [0.05, 0.1) is 5.56 Å². The fourth-order valence-corrected chi connectivity index (χ4v) is 4.00. The fourth-order valence-electron chi connectivity index (χ4n) is 4.00. The molecular weight excluding hydrogens is 427 g/mol. The number of halogens is 1. The number of aliphatic carboxylic acids is 1. The summed E-state index contributed by atoms with van der Waals surface area (Å²) in [6.45, 7) is -0.448. The minimum atomic E-state index is -1.21. The Kier molecular flexibility index (Phi) is 6.08. The van der Waals surface area contributed by atoms with E-state index < -0.39 is 30.3 Å². The van der Waals surface area contributed by atoms with E-state index in [1.54, 1.807) is 0 Å². The van der Waals surface area contributed by atoms with Crippen molar-refractivity contribution in [2.75, 3.05) is 25.5 Å². The van der Waals surface area contributed by atoms with Gasteiger partial charge < -0.3 is 14.7 Å². The lowest BCUT2D eigenvalue weighted by Gasteiger charge is -2.16. The number of ether oxygens (including phenoxy) is 1. The Morgan fingerprint density at radius 3 is 2.18 bits per heavy atom. The fraction of sp³-hybridized carbons (Fsp3) is 0.160. The Hall–Kier alpha value is -4.20. The number of nitrogens with zero attached hydrogens (tertiary/aromatic N) is 1. The largest absolute Gasteiger partial charge is 0.480 e. The number of rotatable bonds is 6. The zero-order chi connectivity index (χ0) is 23.5. The lowest BCUT2D eigenvalue weighted by molar-refractivity contribution is -0.137. The number of benzene rings is 3. The summed E-state index contributed by atoms with van der Waals surface area (Å²) >= 11 is 0. The number of carboxylic acids is 1. The molecule has 1 aliphatic rings. The maximum Gasteiger partial charge on any atom is 0.411 e. The van der Waals surface area contributed by atoms with Gasteiger partial charge in [-0.05, 0) is 40.5 Å². The van der Waals surface area contributed by atoms with Crippen molar-refractivity contribution in [2.45, 2.75) is 5.92 Å². The normalized spacial score (nSPS) is 11.9. The molecule has 0 unspecified atom stereocenters. The Bertz CT molecular complexity index is 1200. The van der Waals surface area contributed by atoms with Crippen LogP contribution >= 0.6 is 0 Å². The van der Waals surface area contributed by atoms with Gasteiger partial charge in [-0.1, -0.05) is 48.5 Å². The van der Waals surface area contributed by atoms with Crippen molar-refractivity contribution in [3.8, 4) is 11.1 Å². The first-order valence-electron chi connectivity index (χ1n) is 10.2. The van der Waals surface area contributed by atoms with Gasteiger partial charge in [0.2, 0.25) is 0 Å². The highest BCUT2D eigenvalue weighted by Gasteiger charge is 2.29. The molecule has 3 aromatic carbocycles. The first-order valence-corrected chi connectivity index (χ1v) is 10.2. The summed E-state index contributed by atoms with van der Waals surface area (Å²) in [4.78, 5) is 36.2. The zero-order valence-corrected chi connectivity index (χ0v) is 17.7. The number of hydrogen-bond donors (Lipinski definition) is 2. The van der Waals surface area contributed by atoms with Gasteiger partial charge >= 0.3 is 12.1 Å². The van der Waals surface area contributed by atoms with Crippen LogP contribution in [0.4, 0.5) is 14.9 Å². The van der Waals surface area contributed by atoms with Gasteiger partial charge in [-0.2, -0.15) is 0 Å². The monoisotopic (exact) mass is 448 g/mol. The molecule has 0 fully saturated rings. The molecule has 0 aliphatic heterocycles. The molecule has 0 saturated carbocycles. The summed E-state index contributed by atoms with van der Waals surface area (Å²) in [6.07, 6.45) is -0.752. The van der Waals surface area contributed by atoms with E-state index in [-0.39, 0.29) is 23.8 Å². The molecule has 0 bridgehead atoms. The predicted octanol–water partition coefficient (Wildman–Crippen LogP) is 4.34. The van der Waals surface area contributed by atoms with Crippen LogP contribution in [0, 0.1) is 5.82 Å². The van der Waals surface area contributed by atoms with E-state index in [9.17, 15) is 18.8 Å². The van der Waals surface area contributed by atoms with E-state index in [4.69, 9.17) is 9.84 Å². The second kappa shape index (κ2) is 9.12. The number of likely N-dealkylation sites (N-methyl/N-ethyl adjacent to an activating group) is 1. The molecule has 2 N–H and O–H groups in total. The SMILES string of the molecule is CN(CC(=O)O)C(=O)c1ccc(NC(=O)OCC2c3ccccc3-c3ccccc32)cc1F. The average molecular weight is 448 g/mol. The lowest BCUT2D eigenvalue weighted by Crippen LogP contribution is -2.32. The van der Waals surface area contributed by atoms with Crippen molar-refractivity contribution < 1.29 is 28.6 Å². The molecule has 7 nitrogen and oxygen atoms in total. The Balaban J connectivity index is 1.41. The highest BCUT2D eigenvalue weighted by atomic mass is 19.1. The van der Waals surface area contributed by atoms with Crippen molar-refractivity contribution in [3.63, 3.8) is 0 Å². The Morgan fingerprint density at radius 2 is 1.61 bits per heavy atom. The van der Waals surface area contributed by atoms with Gasteiger partial charge in [0, 0.05) is 18.7 Å². The molecule has 0 atom stereocenters. The smallest absolute Gasteiger partial charge is 0.411 e. The van der Waals surface area contributed by atoms with Crippen LogP contribution < -0.4 is 5.32 Å². The zero-order valence-electron chi connectivity index (χ0n) is 17.7. The van der Waals surface area contributed by atoms with Crippen LogP contribution in [0.2, 0.25) is 0 Å². The van der Waals surface area contributed by atoms with E-state index >= 15 is 0 Å². The van der Waals surface area contributed by atoms with Gasteiger partial charge in [0.1, 0.15) is 19.0 Å². The van der Waals surface area contributed by atoms with E-state index in [1.165, 1.54) is 19.2 Å². The first-order chi connectivity index (χ1) is 15.8. The molecular formula is C25H21FN2O5. The van der Waals surface area contributed by atoms with Crippen LogP contribution in [0.15, 0.2) is 66.7 Å². The summed E-state index contributed by atoms with van der Waals surface area (Å²) in [5.74, 6) is -2.97. The quantitative estimate of drug-likeness (QED) is 0.585. The average Bonchev–Trinajstić information content (AvgIpc) is 3.11. The van der Waals surface area contributed by atoms with Gasteiger partial charge in [-0.3, -0.25) is 14.9 Å². The number of hydrogen-bond acceptors (Lipinski definition) is 4. The van der Waals surface area contributed by atoms with Crippen molar-refractivity contribution in [3.05, 3.63) is 89.2 Å². The second-order valence-electron chi connectivity index (χ2n) is 7.70. The second-order valence-corrected chi connectivity index (χ2v) is 7.70. The Morgan fingerprint density at radius 1 is 1.00 bits per heavy atom. The topological polar surface area (TPSA) is 95.9 Å². The summed E-state index contributed by atoms with van der Waals surface area (Å²) in [6, 6.07) is 19.4. The minimum Gasteiger partial charge on any atom is -0.480 e. The standard InChI is InChI=1S/C25H21FN2O5/c1-28(13-23(29)30)24(31)20-11-10-15(12-22(20)26)27-25(32)33-14-21-18-8-4-2-6-16(18)17-7-3-5-9-19(17)21/h2-12,21H,13-14H2,1H3,(H,27,32)(H,29,30). The third kappa shape index (κ3) is 4.55. The number of carbonyl (C=O) groups is 3. The molecule has 8 heteroatoms. The Labute approximate surface area is 189 Å². The summed E-state index contributed by atoms with van der Waals surface area (Å²) in [5.41, 5.74) is 4.19. The van der Waals surface area contributed by atoms with E-state index in [1.807, 2.05) is 48.5 Å². The highest BCUT2D eigenvalue weighted by Crippen LogP contribution is 2.44. The third-order valence-corrected chi connectivity index (χ3v) is 5.51. The number of carbonyl (C=O) groups excluding carboxylic acids is 2. The summed E-state index contributed by atoms with van der Waals surface area (Å²) in [5, 5.41) is 11.2. The number of nitrogens with one attached hydrogen (secondary N) is 1. The molecule has 0 aromatic heterocycles. The summed E-state index contributed by atoms with van der Waals surface area (Å²) < 4.78 is 19.9. The maximum atomic E-state index is 14.4. The van der Waals surface area contributed by atoms with E-state index in [2.05, 4.69) is 5.32 Å². The van der Waals surface area contributed by atoms with Gasteiger partial charge in [0.15, 0.2) is 0 Å².